The molecule has 0 aliphatic heterocycles. The Bertz CT molecular complexity index is 1570. The van der Waals surface area contributed by atoms with Gasteiger partial charge in [0.05, 0.1) is 29.8 Å². The van der Waals surface area contributed by atoms with Crippen LogP contribution in [-0.4, -0.2) is 35.7 Å². The Labute approximate surface area is 216 Å². The van der Waals surface area contributed by atoms with Gasteiger partial charge >= 0.3 is 0 Å². The normalized spacial score (nSPS) is 10.8. The number of benzene rings is 2. The lowest BCUT2D eigenvalue weighted by molar-refractivity contribution is 0.100. The van der Waals surface area contributed by atoms with E-state index in [0.717, 1.165) is 0 Å². The largest absolute Gasteiger partial charge is 0.382 e. The highest BCUT2D eigenvalue weighted by Gasteiger charge is 2.18. The fraction of sp³-hybridized carbons (Fsp3) is 0.0769. The van der Waals surface area contributed by atoms with E-state index in [2.05, 4.69) is 25.5 Å². The summed E-state index contributed by atoms with van der Waals surface area (Å²) in [5, 5.41) is 11.5. The Morgan fingerprint density at radius 3 is 2.59 bits per heavy atom. The van der Waals surface area contributed by atoms with Gasteiger partial charge in [-0.1, -0.05) is 65.9 Å². The van der Waals surface area contributed by atoms with Gasteiger partial charge in [0.1, 0.15) is 29.2 Å². The number of rotatable bonds is 8. The molecule has 2 aromatic carbocycles. The molecule has 3 N–H and O–H groups in total. The Morgan fingerprint density at radius 2 is 1.86 bits per heavy atom. The second-order valence-corrected chi connectivity index (χ2v) is 8.55. The molecule has 3 aromatic heterocycles. The number of Topliss-reactive ketones (excluding diaryl/α,β-unsaturated/α-hetero) is 1. The molecule has 0 aliphatic carbocycles. The van der Waals surface area contributed by atoms with Crippen LogP contribution in [-0.2, 0) is 6.54 Å². The van der Waals surface area contributed by atoms with Crippen molar-refractivity contribution in [1.82, 2.24) is 24.9 Å². The van der Waals surface area contributed by atoms with Gasteiger partial charge in [-0.15, -0.1) is 0 Å². The van der Waals surface area contributed by atoms with Crippen LogP contribution < -0.4 is 11.1 Å². The zero-order chi connectivity index (χ0) is 25.8. The fourth-order valence-corrected chi connectivity index (χ4v) is 3.91. The molecule has 0 saturated carbocycles. The van der Waals surface area contributed by atoms with Gasteiger partial charge in [0.25, 0.3) is 0 Å². The smallest absolute Gasteiger partial charge is 0.182 e. The maximum absolute atomic E-state index is 14.3. The Hall–Kier alpha value is -4.77. The molecule has 0 spiro atoms. The van der Waals surface area contributed by atoms with Crippen molar-refractivity contribution in [2.75, 3.05) is 11.1 Å². The first-order valence-corrected chi connectivity index (χ1v) is 11.6. The summed E-state index contributed by atoms with van der Waals surface area (Å²) in [6, 6.07) is 18.7. The summed E-state index contributed by atoms with van der Waals surface area (Å²) in [4.78, 5) is 21.4. The van der Waals surface area contributed by atoms with Crippen molar-refractivity contribution >= 4 is 34.5 Å². The molecule has 0 aliphatic rings. The summed E-state index contributed by atoms with van der Waals surface area (Å²) in [5.74, 6) is -0.0733. The Morgan fingerprint density at radius 1 is 1.08 bits per heavy atom. The minimum Gasteiger partial charge on any atom is -0.382 e. The molecular weight excluding hydrogens is 493 g/mol. The number of carbonyl (C=O) groups excluding carboxylic acids is 1. The number of hydrogen-bond donors (Lipinski definition) is 2. The van der Waals surface area contributed by atoms with Gasteiger partial charge in [-0.05, 0) is 12.1 Å². The second-order valence-electron chi connectivity index (χ2n) is 8.06. The van der Waals surface area contributed by atoms with E-state index in [9.17, 15) is 9.18 Å². The molecule has 5 rings (SSSR count). The zero-order valence-electron chi connectivity index (χ0n) is 19.3. The summed E-state index contributed by atoms with van der Waals surface area (Å²) in [5.41, 5.74) is 9.09. The van der Waals surface area contributed by atoms with Crippen LogP contribution in [0.1, 0.15) is 22.3 Å². The van der Waals surface area contributed by atoms with Gasteiger partial charge in [-0.2, -0.15) is 5.10 Å². The molecule has 0 fully saturated rings. The van der Waals surface area contributed by atoms with E-state index < -0.39 is 0 Å². The van der Waals surface area contributed by atoms with Crippen molar-refractivity contribution in [3.8, 4) is 22.9 Å². The van der Waals surface area contributed by atoms with Gasteiger partial charge in [-0.25, -0.2) is 14.4 Å². The van der Waals surface area contributed by atoms with Crippen LogP contribution >= 0.6 is 12.2 Å². The molecule has 11 heteroatoms. The first-order chi connectivity index (χ1) is 18.0. The van der Waals surface area contributed by atoms with Crippen molar-refractivity contribution in [1.29, 1.82) is 0 Å². The number of carbonyl (C=O) groups is 1. The van der Waals surface area contributed by atoms with Gasteiger partial charge < -0.3 is 15.6 Å². The van der Waals surface area contributed by atoms with E-state index in [1.807, 2.05) is 6.07 Å². The number of ketones is 1. The lowest BCUT2D eigenvalue weighted by Gasteiger charge is -2.10. The second kappa shape index (κ2) is 10.5. The summed E-state index contributed by atoms with van der Waals surface area (Å²) in [6.07, 6.45) is 2.93. The molecule has 3 heterocycles. The molecule has 5 aromatic rings. The third-order valence-corrected chi connectivity index (χ3v) is 5.74. The van der Waals surface area contributed by atoms with Crippen molar-refractivity contribution < 1.29 is 13.7 Å². The summed E-state index contributed by atoms with van der Waals surface area (Å²) in [7, 11) is 0. The van der Waals surface area contributed by atoms with Gasteiger partial charge in [-0.3, -0.25) is 9.48 Å². The van der Waals surface area contributed by atoms with Crippen molar-refractivity contribution in [3.05, 3.63) is 96.1 Å². The molecule has 0 bridgehead atoms. The standard InChI is InChI=1S/C26H20FN7O2S/c27-18-9-5-4-8-17(18)15-34-22(19-10-11-36-33-19)12-20(32-34)26-29-14-21(25(28)31-26)30-24(37)13-23(35)16-6-2-1-3-7-16/h1-12,14H,13,15H2,(H,30,37)(H2,28,29,31). The Balaban J connectivity index is 1.37. The summed E-state index contributed by atoms with van der Waals surface area (Å²) < 4.78 is 20.9. The number of nitrogens with one attached hydrogen (secondary N) is 1. The van der Waals surface area contributed by atoms with Gasteiger partial charge in [0.2, 0.25) is 0 Å². The number of nitrogens with two attached hydrogens (primary N) is 1. The van der Waals surface area contributed by atoms with E-state index in [0.29, 0.717) is 38.9 Å². The van der Waals surface area contributed by atoms with E-state index in [1.54, 1.807) is 59.3 Å². The first-order valence-electron chi connectivity index (χ1n) is 11.2. The number of nitrogens with zero attached hydrogens (tertiary/aromatic N) is 5. The monoisotopic (exact) mass is 513 g/mol. The molecule has 184 valence electrons. The zero-order valence-corrected chi connectivity index (χ0v) is 20.2. The molecule has 0 amide bonds. The minimum absolute atomic E-state index is 0.0159. The quantitative estimate of drug-likeness (QED) is 0.223. The third kappa shape index (κ3) is 5.41. The predicted octanol–water partition coefficient (Wildman–Crippen LogP) is 4.78. The van der Waals surface area contributed by atoms with E-state index in [4.69, 9.17) is 22.5 Å². The van der Waals surface area contributed by atoms with Crippen molar-refractivity contribution in [3.63, 3.8) is 0 Å². The van der Waals surface area contributed by atoms with Gasteiger partial charge in [0.15, 0.2) is 17.4 Å². The number of nitrogen functional groups attached to an aromatic ring is 1. The number of anilines is 2. The first kappa shape index (κ1) is 23.9. The maximum Gasteiger partial charge on any atom is 0.182 e. The lowest BCUT2D eigenvalue weighted by atomic mass is 10.1. The average Bonchev–Trinajstić information content (AvgIpc) is 3.57. The number of halogens is 1. The molecule has 0 saturated heterocycles. The molecule has 0 atom stereocenters. The highest BCUT2D eigenvalue weighted by molar-refractivity contribution is 7.80. The molecule has 0 unspecified atom stereocenters. The summed E-state index contributed by atoms with van der Waals surface area (Å²) in [6.45, 7) is 0.160. The minimum atomic E-state index is -0.344. The van der Waals surface area contributed by atoms with E-state index >= 15 is 0 Å². The number of thiocarbonyl (C=S) groups is 1. The molecule has 0 radical (unpaired) electrons. The third-order valence-electron chi connectivity index (χ3n) is 5.50. The highest BCUT2D eigenvalue weighted by Crippen LogP contribution is 2.26. The van der Waals surface area contributed by atoms with Crippen molar-refractivity contribution in [2.24, 2.45) is 0 Å². The molecule has 9 nitrogen and oxygen atoms in total. The number of aromatic nitrogens is 5. The van der Waals surface area contributed by atoms with Crippen LogP contribution in [0.25, 0.3) is 22.9 Å². The van der Waals surface area contributed by atoms with Gasteiger partial charge in [0, 0.05) is 17.2 Å². The average molecular weight is 514 g/mol. The predicted molar refractivity (Wildman–Crippen MR) is 140 cm³/mol. The lowest BCUT2D eigenvalue weighted by Crippen LogP contribution is -2.16. The van der Waals surface area contributed by atoms with Crippen LogP contribution in [0.5, 0.6) is 0 Å². The van der Waals surface area contributed by atoms with E-state index in [1.165, 1.54) is 18.5 Å². The molecular formula is C26H20FN7O2S. The Kier molecular flexibility index (Phi) is 6.77. The van der Waals surface area contributed by atoms with Crippen molar-refractivity contribution in [2.45, 2.75) is 13.0 Å². The fourth-order valence-electron chi connectivity index (χ4n) is 3.67. The van der Waals surface area contributed by atoms with Crippen LogP contribution in [0.4, 0.5) is 15.9 Å². The van der Waals surface area contributed by atoms with E-state index in [-0.39, 0.29) is 36.2 Å². The number of hydrogen-bond acceptors (Lipinski definition) is 8. The highest BCUT2D eigenvalue weighted by atomic mass is 32.1. The SMILES string of the molecule is Nc1nc(-c2cc(-c3ccon3)n(Cc3ccccc3F)n2)ncc1NC(=S)CC(=O)c1ccccc1. The summed E-state index contributed by atoms with van der Waals surface area (Å²) >= 11 is 5.33. The van der Waals surface area contributed by atoms with Crippen LogP contribution in [0.2, 0.25) is 0 Å². The topological polar surface area (TPSA) is 125 Å². The van der Waals surface area contributed by atoms with Crippen LogP contribution in [0, 0.1) is 5.82 Å². The molecule has 37 heavy (non-hydrogen) atoms. The van der Waals surface area contributed by atoms with Crippen LogP contribution in [0.15, 0.2) is 83.7 Å². The maximum atomic E-state index is 14.3. The van der Waals surface area contributed by atoms with Crippen LogP contribution in [0.3, 0.4) is 0 Å².